The van der Waals surface area contributed by atoms with Gasteiger partial charge in [0.2, 0.25) is 5.82 Å². The Morgan fingerprint density at radius 1 is 1.10 bits per heavy atom. The number of hydrogen-bond donors (Lipinski definition) is 1. The molecule has 8 heteroatoms. The van der Waals surface area contributed by atoms with E-state index in [4.69, 9.17) is 4.98 Å². The van der Waals surface area contributed by atoms with Gasteiger partial charge in [-0.2, -0.15) is 0 Å². The van der Waals surface area contributed by atoms with Gasteiger partial charge in [-0.15, -0.1) is 10.2 Å². The monoisotopic (exact) mass is 397 g/mol. The van der Waals surface area contributed by atoms with Crippen molar-refractivity contribution < 1.29 is 4.79 Å². The van der Waals surface area contributed by atoms with Crippen molar-refractivity contribution in [1.29, 1.82) is 0 Å². The van der Waals surface area contributed by atoms with Gasteiger partial charge < -0.3 is 14.5 Å². The van der Waals surface area contributed by atoms with Crippen molar-refractivity contribution in [3.8, 4) is 0 Å². The zero-order valence-corrected chi connectivity index (χ0v) is 17.4. The Bertz CT molecular complexity index is 877. The predicted octanol–water partition coefficient (Wildman–Crippen LogP) is 2.13. The summed E-state index contributed by atoms with van der Waals surface area (Å²) in [5.41, 5.74) is 2.45. The molecule has 0 saturated carbocycles. The smallest absolute Gasteiger partial charge is 0.291 e. The molecule has 5 heterocycles. The van der Waals surface area contributed by atoms with E-state index in [1.165, 1.54) is 17.8 Å². The molecule has 156 valence electrons. The van der Waals surface area contributed by atoms with Crippen LogP contribution in [0.2, 0.25) is 0 Å². The molecule has 2 aromatic heterocycles. The summed E-state index contributed by atoms with van der Waals surface area (Å²) in [7, 11) is 0. The first-order valence-electron chi connectivity index (χ1n) is 11.2. The number of aryl methyl sites for hydroxylation is 1. The van der Waals surface area contributed by atoms with E-state index in [0.29, 0.717) is 5.82 Å². The molecule has 8 nitrogen and oxygen atoms in total. The van der Waals surface area contributed by atoms with E-state index in [1.807, 2.05) is 11.2 Å². The SMILES string of the molecule is CCCN1CCc2[nH]cnc2C12CCN(C(=O)c1nnc3n1CCCCC3)CC2. The molecule has 29 heavy (non-hydrogen) atoms. The lowest BCUT2D eigenvalue weighted by molar-refractivity contribution is 0.00652. The highest BCUT2D eigenvalue weighted by molar-refractivity contribution is 5.90. The normalized spacial score (nSPS) is 21.6. The minimum Gasteiger partial charge on any atom is -0.348 e. The second-order valence-electron chi connectivity index (χ2n) is 8.69. The Hall–Kier alpha value is -2.22. The number of fused-ring (bicyclic) bond motifs is 3. The number of carbonyl (C=O) groups excluding carboxylic acids is 1. The van der Waals surface area contributed by atoms with E-state index in [9.17, 15) is 4.79 Å². The maximum Gasteiger partial charge on any atom is 0.291 e. The zero-order valence-electron chi connectivity index (χ0n) is 17.4. The number of H-pyrrole nitrogens is 1. The van der Waals surface area contributed by atoms with Gasteiger partial charge >= 0.3 is 0 Å². The van der Waals surface area contributed by atoms with Gasteiger partial charge in [-0.1, -0.05) is 13.3 Å². The second kappa shape index (κ2) is 7.55. The van der Waals surface area contributed by atoms with Gasteiger partial charge in [0.1, 0.15) is 5.82 Å². The van der Waals surface area contributed by atoms with Crippen LogP contribution in [0.1, 0.15) is 73.3 Å². The van der Waals surface area contributed by atoms with Crippen molar-refractivity contribution in [2.24, 2.45) is 0 Å². The van der Waals surface area contributed by atoms with Crippen LogP contribution in [-0.4, -0.2) is 66.6 Å². The van der Waals surface area contributed by atoms with Crippen LogP contribution in [0.5, 0.6) is 0 Å². The number of aromatic nitrogens is 5. The highest BCUT2D eigenvalue weighted by Crippen LogP contribution is 2.42. The van der Waals surface area contributed by atoms with Crippen LogP contribution in [0, 0.1) is 0 Å². The lowest BCUT2D eigenvalue weighted by atomic mass is 9.78. The number of aromatic amines is 1. The van der Waals surface area contributed by atoms with Crippen molar-refractivity contribution in [3.63, 3.8) is 0 Å². The Kier molecular flexibility index (Phi) is 4.89. The molecule has 1 saturated heterocycles. The molecule has 0 unspecified atom stereocenters. The fourth-order valence-corrected chi connectivity index (χ4v) is 5.54. The number of nitrogens with zero attached hydrogens (tertiary/aromatic N) is 6. The molecule has 3 aliphatic heterocycles. The third-order valence-electron chi connectivity index (χ3n) is 7.07. The molecule has 0 aliphatic carbocycles. The third kappa shape index (κ3) is 3.08. The van der Waals surface area contributed by atoms with Crippen molar-refractivity contribution >= 4 is 5.91 Å². The molecule has 0 aromatic carbocycles. The summed E-state index contributed by atoms with van der Waals surface area (Å²) in [5, 5.41) is 8.60. The molecule has 2 aromatic rings. The van der Waals surface area contributed by atoms with Crippen molar-refractivity contribution in [3.05, 3.63) is 29.4 Å². The Morgan fingerprint density at radius 3 is 2.79 bits per heavy atom. The number of hydrogen-bond acceptors (Lipinski definition) is 5. The fourth-order valence-electron chi connectivity index (χ4n) is 5.54. The van der Waals surface area contributed by atoms with E-state index >= 15 is 0 Å². The highest BCUT2D eigenvalue weighted by Gasteiger charge is 2.47. The summed E-state index contributed by atoms with van der Waals surface area (Å²) in [4.78, 5) is 26.0. The number of amides is 1. The van der Waals surface area contributed by atoms with Crippen molar-refractivity contribution in [1.82, 2.24) is 34.5 Å². The quantitative estimate of drug-likeness (QED) is 0.858. The maximum atomic E-state index is 13.3. The summed E-state index contributed by atoms with van der Waals surface area (Å²) >= 11 is 0. The summed E-state index contributed by atoms with van der Waals surface area (Å²) in [6.07, 6.45) is 10.2. The van der Waals surface area contributed by atoms with Crippen LogP contribution in [0.25, 0.3) is 0 Å². The van der Waals surface area contributed by atoms with Crippen molar-refractivity contribution in [2.45, 2.75) is 70.4 Å². The zero-order chi connectivity index (χ0) is 19.8. The minimum atomic E-state index is -0.0396. The molecule has 0 radical (unpaired) electrons. The van der Waals surface area contributed by atoms with Gasteiger partial charge in [0.15, 0.2) is 0 Å². The lowest BCUT2D eigenvalue weighted by Gasteiger charge is -2.50. The Morgan fingerprint density at radius 2 is 1.97 bits per heavy atom. The van der Waals surface area contributed by atoms with E-state index < -0.39 is 0 Å². The maximum absolute atomic E-state index is 13.3. The van der Waals surface area contributed by atoms with Gasteiger partial charge in [-0.25, -0.2) is 4.98 Å². The average molecular weight is 398 g/mol. The third-order valence-corrected chi connectivity index (χ3v) is 7.07. The molecule has 1 amide bonds. The molecule has 5 rings (SSSR count). The standard InChI is InChI=1S/C21H31N7O/c1-2-10-27-12-7-16-18(23-15-22-16)21(27)8-13-26(14-9-21)20(29)19-25-24-17-6-4-3-5-11-28(17)19/h15H,2-14H2,1H3,(H,22,23). The van der Waals surface area contributed by atoms with Crippen LogP contribution < -0.4 is 0 Å². The van der Waals surface area contributed by atoms with Crippen LogP contribution in [0.15, 0.2) is 6.33 Å². The number of imidazole rings is 1. The second-order valence-corrected chi connectivity index (χ2v) is 8.69. The Labute approximate surface area is 171 Å². The fraction of sp³-hybridized carbons (Fsp3) is 0.714. The molecular formula is C21H31N7O. The van der Waals surface area contributed by atoms with Crippen molar-refractivity contribution in [2.75, 3.05) is 26.2 Å². The number of likely N-dealkylation sites (tertiary alicyclic amines) is 1. The molecule has 3 aliphatic rings. The van der Waals surface area contributed by atoms with E-state index in [1.54, 1.807) is 0 Å². The van der Waals surface area contributed by atoms with E-state index in [2.05, 4.69) is 31.6 Å². The van der Waals surface area contributed by atoms with Gasteiger partial charge in [-0.3, -0.25) is 9.69 Å². The topological polar surface area (TPSA) is 82.9 Å². The number of carbonyl (C=O) groups is 1. The van der Waals surface area contributed by atoms with E-state index in [0.717, 1.165) is 83.5 Å². The molecule has 1 N–H and O–H groups in total. The van der Waals surface area contributed by atoms with Gasteiger partial charge in [-0.05, 0) is 38.6 Å². The van der Waals surface area contributed by atoms with Crippen LogP contribution in [-0.2, 0) is 24.9 Å². The average Bonchev–Trinajstić information content (AvgIpc) is 3.32. The summed E-state index contributed by atoms with van der Waals surface area (Å²) in [6, 6.07) is 0. The minimum absolute atomic E-state index is 0.0396. The highest BCUT2D eigenvalue weighted by atomic mass is 16.2. The Balaban J connectivity index is 1.36. The predicted molar refractivity (Wildman–Crippen MR) is 109 cm³/mol. The first-order chi connectivity index (χ1) is 14.2. The molecular weight excluding hydrogens is 366 g/mol. The lowest BCUT2D eigenvalue weighted by Crippen LogP contribution is -2.57. The molecule has 0 atom stereocenters. The first-order valence-corrected chi connectivity index (χ1v) is 11.2. The van der Waals surface area contributed by atoms with Gasteiger partial charge in [0.25, 0.3) is 5.91 Å². The molecule has 1 spiro atoms. The first kappa shape index (κ1) is 18.8. The number of piperidine rings is 1. The van der Waals surface area contributed by atoms with Crippen LogP contribution >= 0.6 is 0 Å². The summed E-state index contributed by atoms with van der Waals surface area (Å²) < 4.78 is 2.07. The van der Waals surface area contributed by atoms with Crippen LogP contribution in [0.3, 0.4) is 0 Å². The summed E-state index contributed by atoms with van der Waals surface area (Å²) in [5.74, 6) is 1.55. The van der Waals surface area contributed by atoms with Gasteiger partial charge in [0.05, 0.1) is 17.6 Å². The largest absolute Gasteiger partial charge is 0.348 e. The van der Waals surface area contributed by atoms with Gasteiger partial charge in [0, 0.05) is 44.7 Å². The number of nitrogens with one attached hydrogen (secondary N) is 1. The summed E-state index contributed by atoms with van der Waals surface area (Å²) in [6.45, 7) is 6.74. The molecule has 0 bridgehead atoms. The van der Waals surface area contributed by atoms with Crippen LogP contribution in [0.4, 0.5) is 0 Å². The number of rotatable bonds is 3. The van der Waals surface area contributed by atoms with E-state index in [-0.39, 0.29) is 11.4 Å². The molecule has 1 fully saturated rings.